The average molecular weight is 241 g/mol. The average Bonchev–Trinajstić information content (AvgIpc) is 2.37. The summed E-state index contributed by atoms with van der Waals surface area (Å²) in [6, 6.07) is 16.3. The van der Waals surface area contributed by atoms with Gasteiger partial charge in [0.1, 0.15) is 12.4 Å². The Morgan fingerprint density at radius 3 is 2.50 bits per heavy atom. The molecule has 2 nitrogen and oxygen atoms in total. The zero-order chi connectivity index (χ0) is 13.0. The number of benzene rings is 2. The Balaban J connectivity index is 2.15. The minimum Gasteiger partial charge on any atom is -0.489 e. The number of hydrogen-bond donors (Lipinski definition) is 1. The van der Waals surface area contributed by atoms with Gasteiger partial charge in [-0.25, -0.2) is 0 Å². The van der Waals surface area contributed by atoms with E-state index >= 15 is 0 Å². The Hall–Kier alpha value is -1.80. The molecule has 2 N–H and O–H groups in total. The van der Waals surface area contributed by atoms with Gasteiger partial charge in [0.05, 0.1) is 0 Å². The Bertz CT molecular complexity index is 506. The fourth-order valence-electron chi connectivity index (χ4n) is 1.88. The predicted molar refractivity (Wildman–Crippen MR) is 74.6 cm³/mol. The van der Waals surface area contributed by atoms with Crippen LogP contribution in [0.3, 0.4) is 0 Å². The van der Waals surface area contributed by atoms with Crippen LogP contribution in [0.15, 0.2) is 48.5 Å². The molecule has 0 unspecified atom stereocenters. The molecule has 2 rings (SSSR count). The minimum atomic E-state index is -0.0172. The number of hydrogen-bond acceptors (Lipinski definition) is 2. The first-order chi connectivity index (χ1) is 8.66. The maximum atomic E-state index is 5.95. The Labute approximate surface area is 108 Å². The zero-order valence-electron chi connectivity index (χ0n) is 10.9. The van der Waals surface area contributed by atoms with Crippen LogP contribution in [0.25, 0.3) is 0 Å². The first-order valence-electron chi connectivity index (χ1n) is 6.19. The van der Waals surface area contributed by atoms with E-state index in [1.54, 1.807) is 0 Å². The Kier molecular flexibility index (Phi) is 4.00. The SMILES string of the molecule is Cc1ccc([C@@H](C)N)c(OCc2ccccc2)c1. The molecule has 0 amide bonds. The van der Waals surface area contributed by atoms with Gasteiger partial charge < -0.3 is 10.5 Å². The van der Waals surface area contributed by atoms with E-state index in [9.17, 15) is 0 Å². The molecule has 2 aromatic carbocycles. The molecule has 94 valence electrons. The van der Waals surface area contributed by atoms with Crippen molar-refractivity contribution in [2.75, 3.05) is 0 Å². The molecule has 0 aromatic heterocycles. The lowest BCUT2D eigenvalue weighted by Gasteiger charge is -2.14. The van der Waals surface area contributed by atoms with Crippen LogP contribution in [0, 0.1) is 6.92 Å². The van der Waals surface area contributed by atoms with Crippen LogP contribution in [-0.4, -0.2) is 0 Å². The summed E-state index contributed by atoms with van der Waals surface area (Å²) in [6.07, 6.45) is 0. The molecule has 0 spiro atoms. The van der Waals surface area contributed by atoms with Crippen molar-refractivity contribution in [1.29, 1.82) is 0 Å². The van der Waals surface area contributed by atoms with Crippen LogP contribution in [0.1, 0.15) is 29.7 Å². The number of rotatable bonds is 4. The molecule has 2 aromatic rings. The Morgan fingerprint density at radius 1 is 1.11 bits per heavy atom. The molecule has 0 heterocycles. The van der Waals surface area contributed by atoms with Gasteiger partial charge in [-0.3, -0.25) is 0 Å². The van der Waals surface area contributed by atoms with Crippen molar-refractivity contribution < 1.29 is 4.74 Å². The second-order valence-corrected chi connectivity index (χ2v) is 4.60. The van der Waals surface area contributed by atoms with E-state index in [4.69, 9.17) is 10.5 Å². The highest BCUT2D eigenvalue weighted by molar-refractivity contribution is 5.39. The first kappa shape index (κ1) is 12.7. The second-order valence-electron chi connectivity index (χ2n) is 4.60. The number of ether oxygens (including phenoxy) is 1. The van der Waals surface area contributed by atoms with Gasteiger partial charge in [-0.05, 0) is 31.0 Å². The van der Waals surface area contributed by atoms with Gasteiger partial charge in [-0.2, -0.15) is 0 Å². The molecule has 0 saturated heterocycles. The van der Waals surface area contributed by atoms with Crippen molar-refractivity contribution >= 4 is 0 Å². The summed E-state index contributed by atoms with van der Waals surface area (Å²) in [5, 5.41) is 0. The topological polar surface area (TPSA) is 35.2 Å². The molecule has 0 bridgehead atoms. The minimum absolute atomic E-state index is 0.0172. The molecule has 0 radical (unpaired) electrons. The van der Waals surface area contributed by atoms with Gasteiger partial charge in [0.25, 0.3) is 0 Å². The highest BCUT2D eigenvalue weighted by Crippen LogP contribution is 2.25. The van der Waals surface area contributed by atoms with E-state index in [0.29, 0.717) is 6.61 Å². The van der Waals surface area contributed by atoms with E-state index in [2.05, 4.69) is 25.1 Å². The van der Waals surface area contributed by atoms with Crippen molar-refractivity contribution in [3.8, 4) is 5.75 Å². The quantitative estimate of drug-likeness (QED) is 0.887. The van der Waals surface area contributed by atoms with Crippen LogP contribution < -0.4 is 10.5 Å². The lowest BCUT2D eigenvalue weighted by molar-refractivity contribution is 0.301. The molecule has 2 heteroatoms. The second kappa shape index (κ2) is 5.69. The molecule has 0 fully saturated rings. The summed E-state index contributed by atoms with van der Waals surface area (Å²) in [4.78, 5) is 0. The Morgan fingerprint density at radius 2 is 1.83 bits per heavy atom. The number of nitrogens with two attached hydrogens (primary N) is 1. The van der Waals surface area contributed by atoms with E-state index in [1.807, 2.05) is 37.3 Å². The molecular formula is C16H19NO. The van der Waals surface area contributed by atoms with Crippen molar-refractivity contribution in [1.82, 2.24) is 0 Å². The molecule has 0 aliphatic rings. The lowest BCUT2D eigenvalue weighted by Crippen LogP contribution is -2.08. The summed E-state index contributed by atoms with van der Waals surface area (Å²) in [5.41, 5.74) is 9.35. The largest absolute Gasteiger partial charge is 0.489 e. The maximum Gasteiger partial charge on any atom is 0.124 e. The normalized spacial score (nSPS) is 12.2. The zero-order valence-corrected chi connectivity index (χ0v) is 10.9. The fourth-order valence-corrected chi connectivity index (χ4v) is 1.88. The molecular weight excluding hydrogens is 222 g/mol. The van der Waals surface area contributed by atoms with Gasteiger partial charge >= 0.3 is 0 Å². The van der Waals surface area contributed by atoms with Gasteiger partial charge in [0.15, 0.2) is 0 Å². The van der Waals surface area contributed by atoms with Gasteiger partial charge in [-0.15, -0.1) is 0 Å². The van der Waals surface area contributed by atoms with E-state index in [1.165, 1.54) is 5.56 Å². The molecule has 0 saturated carbocycles. The van der Waals surface area contributed by atoms with Gasteiger partial charge in [0, 0.05) is 11.6 Å². The third-order valence-electron chi connectivity index (χ3n) is 2.90. The van der Waals surface area contributed by atoms with E-state index in [0.717, 1.165) is 16.9 Å². The molecule has 0 aliphatic heterocycles. The van der Waals surface area contributed by atoms with Crippen molar-refractivity contribution in [2.45, 2.75) is 26.5 Å². The highest BCUT2D eigenvalue weighted by atomic mass is 16.5. The third kappa shape index (κ3) is 3.11. The molecule has 18 heavy (non-hydrogen) atoms. The molecule has 0 aliphatic carbocycles. The van der Waals surface area contributed by atoms with E-state index < -0.39 is 0 Å². The lowest BCUT2D eigenvalue weighted by atomic mass is 10.1. The van der Waals surface area contributed by atoms with Crippen LogP contribution in [0.2, 0.25) is 0 Å². The van der Waals surface area contributed by atoms with Crippen LogP contribution in [0.4, 0.5) is 0 Å². The van der Waals surface area contributed by atoms with Crippen LogP contribution in [-0.2, 0) is 6.61 Å². The smallest absolute Gasteiger partial charge is 0.124 e. The summed E-state index contributed by atoms with van der Waals surface area (Å²) < 4.78 is 5.89. The van der Waals surface area contributed by atoms with Crippen molar-refractivity contribution in [3.05, 3.63) is 65.2 Å². The standard InChI is InChI=1S/C16H19NO/c1-12-8-9-15(13(2)17)16(10-12)18-11-14-6-4-3-5-7-14/h3-10,13H,11,17H2,1-2H3/t13-/m1/s1. The monoisotopic (exact) mass is 241 g/mol. The van der Waals surface area contributed by atoms with Crippen molar-refractivity contribution in [3.63, 3.8) is 0 Å². The van der Waals surface area contributed by atoms with Gasteiger partial charge in [0.2, 0.25) is 0 Å². The molecule has 1 atom stereocenters. The van der Waals surface area contributed by atoms with Gasteiger partial charge in [-0.1, -0.05) is 42.5 Å². The van der Waals surface area contributed by atoms with Crippen LogP contribution >= 0.6 is 0 Å². The third-order valence-corrected chi connectivity index (χ3v) is 2.90. The van der Waals surface area contributed by atoms with Crippen molar-refractivity contribution in [2.24, 2.45) is 5.73 Å². The summed E-state index contributed by atoms with van der Waals surface area (Å²) >= 11 is 0. The maximum absolute atomic E-state index is 5.95. The van der Waals surface area contributed by atoms with E-state index in [-0.39, 0.29) is 6.04 Å². The number of aryl methyl sites for hydroxylation is 1. The summed E-state index contributed by atoms with van der Waals surface area (Å²) in [6.45, 7) is 4.60. The summed E-state index contributed by atoms with van der Waals surface area (Å²) in [7, 11) is 0. The predicted octanol–water partition coefficient (Wildman–Crippen LogP) is 3.59. The first-order valence-corrected chi connectivity index (χ1v) is 6.19. The summed E-state index contributed by atoms with van der Waals surface area (Å²) in [5.74, 6) is 0.883. The fraction of sp³-hybridized carbons (Fsp3) is 0.250. The van der Waals surface area contributed by atoms with Crippen LogP contribution in [0.5, 0.6) is 5.75 Å². The highest BCUT2D eigenvalue weighted by Gasteiger charge is 2.08.